The van der Waals surface area contributed by atoms with Crippen LogP contribution in [0, 0.1) is 6.92 Å². The number of para-hydroxylation sites is 1. The van der Waals surface area contributed by atoms with Gasteiger partial charge in [-0.3, -0.25) is 4.79 Å². The quantitative estimate of drug-likeness (QED) is 0.162. The van der Waals surface area contributed by atoms with E-state index in [9.17, 15) is 9.59 Å². The minimum atomic E-state index is -0.511. The van der Waals surface area contributed by atoms with Gasteiger partial charge >= 0.3 is 5.97 Å². The molecule has 33 heavy (non-hydrogen) atoms. The number of amides is 1. The lowest BCUT2D eigenvalue weighted by atomic mass is 10.2. The second-order valence-electron chi connectivity index (χ2n) is 7.05. The van der Waals surface area contributed by atoms with E-state index in [0.29, 0.717) is 21.4 Å². The van der Waals surface area contributed by atoms with Crippen molar-refractivity contribution in [3.63, 3.8) is 0 Å². The van der Waals surface area contributed by atoms with Gasteiger partial charge in [0.1, 0.15) is 16.4 Å². The number of nitrogens with zero attached hydrogens (tertiary/aromatic N) is 1. The minimum absolute atomic E-state index is 0.141. The van der Waals surface area contributed by atoms with Crippen LogP contribution in [0.5, 0.6) is 11.5 Å². The van der Waals surface area contributed by atoms with Crippen molar-refractivity contribution in [1.82, 2.24) is 5.43 Å². The summed E-state index contributed by atoms with van der Waals surface area (Å²) in [4.78, 5) is 24.8. The summed E-state index contributed by atoms with van der Waals surface area (Å²) in [6, 6.07) is 21.7. The molecule has 0 radical (unpaired) electrons. The molecule has 0 saturated carbocycles. The van der Waals surface area contributed by atoms with Crippen LogP contribution in [0.25, 0.3) is 10.1 Å². The Morgan fingerprint density at radius 3 is 2.52 bits per heavy atom. The Labute approximate surface area is 199 Å². The van der Waals surface area contributed by atoms with Gasteiger partial charge in [-0.2, -0.15) is 5.10 Å². The number of benzene rings is 3. The number of halogens is 1. The van der Waals surface area contributed by atoms with Crippen LogP contribution >= 0.6 is 22.9 Å². The van der Waals surface area contributed by atoms with Crippen LogP contribution in [0.1, 0.15) is 20.8 Å². The van der Waals surface area contributed by atoms with Crippen LogP contribution in [0.15, 0.2) is 77.9 Å². The number of rotatable bonds is 7. The first-order valence-corrected chi connectivity index (χ1v) is 11.2. The molecule has 0 fully saturated rings. The summed E-state index contributed by atoms with van der Waals surface area (Å²) in [6.07, 6.45) is 1.49. The molecule has 0 saturated heterocycles. The molecule has 0 bridgehead atoms. The number of hydrogen-bond acceptors (Lipinski definition) is 6. The molecule has 8 heteroatoms. The highest BCUT2D eigenvalue weighted by atomic mass is 35.5. The predicted octanol–water partition coefficient (Wildman–Crippen LogP) is 5.61. The van der Waals surface area contributed by atoms with Crippen molar-refractivity contribution in [2.75, 3.05) is 6.61 Å². The number of carbonyl (C=O) groups is 2. The number of nitrogens with one attached hydrogen (secondary N) is 1. The van der Waals surface area contributed by atoms with E-state index in [2.05, 4.69) is 10.5 Å². The van der Waals surface area contributed by atoms with E-state index in [1.54, 1.807) is 30.3 Å². The molecule has 3 aromatic carbocycles. The molecule has 1 N–H and O–H groups in total. The normalized spacial score (nSPS) is 11.0. The highest BCUT2D eigenvalue weighted by Gasteiger charge is 2.18. The summed E-state index contributed by atoms with van der Waals surface area (Å²) < 4.78 is 11.8. The second-order valence-corrected chi connectivity index (χ2v) is 8.48. The number of ether oxygens (including phenoxy) is 2. The summed E-state index contributed by atoms with van der Waals surface area (Å²) in [7, 11) is 0. The van der Waals surface area contributed by atoms with Gasteiger partial charge in [-0.15, -0.1) is 11.3 Å². The van der Waals surface area contributed by atoms with Crippen molar-refractivity contribution < 1.29 is 19.1 Å². The number of esters is 1. The van der Waals surface area contributed by atoms with Crippen molar-refractivity contribution in [1.29, 1.82) is 0 Å². The van der Waals surface area contributed by atoms with Gasteiger partial charge in [0.25, 0.3) is 5.91 Å². The number of carbonyl (C=O) groups excluding carboxylic acids is 2. The van der Waals surface area contributed by atoms with Gasteiger partial charge in [0.15, 0.2) is 6.61 Å². The molecular formula is C25H19ClN2O4S. The van der Waals surface area contributed by atoms with E-state index in [4.69, 9.17) is 21.1 Å². The minimum Gasteiger partial charge on any atom is -0.483 e. The van der Waals surface area contributed by atoms with Gasteiger partial charge in [0.2, 0.25) is 0 Å². The number of hydrogen-bond donors (Lipinski definition) is 1. The van der Waals surface area contributed by atoms with E-state index in [1.165, 1.54) is 17.6 Å². The molecule has 0 aliphatic rings. The number of fused-ring (bicyclic) bond motifs is 1. The summed E-state index contributed by atoms with van der Waals surface area (Å²) in [5, 5.41) is 5.14. The average Bonchev–Trinajstić information content (AvgIpc) is 3.16. The average molecular weight is 479 g/mol. The SMILES string of the molecule is Cc1ccccc1OCC(=O)NN=Cc1ccc(OC(=O)c2sc3ccccc3c2Cl)cc1. The maximum atomic E-state index is 12.5. The van der Waals surface area contributed by atoms with Gasteiger partial charge in [0, 0.05) is 10.1 Å². The number of thiophene rings is 1. The third-order valence-electron chi connectivity index (χ3n) is 4.67. The molecule has 1 amide bonds. The fourth-order valence-corrected chi connectivity index (χ4v) is 4.38. The fraction of sp³-hybridized carbons (Fsp3) is 0.0800. The molecule has 6 nitrogen and oxygen atoms in total. The first-order valence-electron chi connectivity index (χ1n) is 10.0. The molecule has 0 unspecified atom stereocenters. The van der Waals surface area contributed by atoms with Crippen molar-refractivity contribution in [2.24, 2.45) is 5.10 Å². The van der Waals surface area contributed by atoms with Gasteiger partial charge in [0.05, 0.1) is 11.2 Å². The van der Waals surface area contributed by atoms with Crippen LogP contribution in [-0.2, 0) is 4.79 Å². The Hall–Kier alpha value is -3.68. The third kappa shape index (κ3) is 5.58. The van der Waals surface area contributed by atoms with Crippen LogP contribution < -0.4 is 14.9 Å². The summed E-state index contributed by atoms with van der Waals surface area (Å²) in [6.45, 7) is 1.76. The first kappa shape index (κ1) is 22.5. The molecule has 0 spiro atoms. The van der Waals surface area contributed by atoms with Gasteiger partial charge < -0.3 is 9.47 Å². The third-order valence-corrected chi connectivity index (χ3v) is 6.32. The Morgan fingerprint density at radius 2 is 1.76 bits per heavy atom. The van der Waals surface area contributed by atoms with Crippen LogP contribution in [0.4, 0.5) is 0 Å². The summed E-state index contributed by atoms with van der Waals surface area (Å²) in [5.41, 5.74) is 4.08. The van der Waals surface area contributed by atoms with Crippen molar-refractivity contribution >= 4 is 51.1 Å². The second kappa shape index (κ2) is 10.3. The Kier molecular flexibility index (Phi) is 7.02. The monoisotopic (exact) mass is 478 g/mol. The van der Waals surface area contributed by atoms with E-state index >= 15 is 0 Å². The summed E-state index contributed by atoms with van der Waals surface area (Å²) in [5.74, 6) is 0.142. The predicted molar refractivity (Wildman–Crippen MR) is 131 cm³/mol. The molecule has 1 heterocycles. The van der Waals surface area contributed by atoms with Gasteiger partial charge in [-0.05, 0) is 54.4 Å². The Balaban J connectivity index is 1.30. The van der Waals surface area contributed by atoms with Crippen LogP contribution in [0.3, 0.4) is 0 Å². The van der Waals surface area contributed by atoms with E-state index in [0.717, 1.165) is 21.2 Å². The molecule has 0 aliphatic heterocycles. The maximum absolute atomic E-state index is 12.5. The molecule has 0 aliphatic carbocycles. The van der Waals surface area contributed by atoms with Crippen molar-refractivity contribution in [2.45, 2.75) is 6.92 Å². The van der Waals surface area contributed by atoms with E-state index < -0.39 is 5.97 Å². The lowest BCUT2D eigenvalue weighted by molar-refractivity contribution is -0.123. The Morgan fingerprint density at radius 1 is 1.03 bits per heavy atom. The number of aryl methyl sites for hydroxylation is 1. The zero-order valence-corrected chi connectivity index (χ0v) is 19.2. The lowest BCUT2D eigenvalue weighted by Crippen LogP contribution is -2.24. The summed E-state index contributed by atoms with van der Waals surface area (Å²) >= 11 is 7.63. The highest BCUT2D eigenvalue weighted by Crippen LogP contribution is 2.35. The highest BCUT2D eigenvalue weighted by molar-refractivity contribution is 7.21. The molecule has 4 rings (SSSR count). The zero-order valence-electron chi connectivity index (χ0n) is 17.6. The topological polar surface area (TPSA) is 77.0 Å². The van der Waals surface area contributed by atoms with Crippen LogP contribution in [-0.4, -0.2) is 24.7 Å². The maximum Gasteiger partial charge on any atom is 0.355 e. The van der Waals surface area contributed by atoms with Crippen LogP contribution in [0.2, 0.25) is 5.02 Å². The molecule has 0 atom stereocenters. The largest absolute Gasteiger partial charge is 0.483 e. The first-order chi connectivity index (χ1) is 16.0. The molecule has 4 aromatic rings. The fourth-order valence-electron chi connectivity index (χ4n) is 2.99. The van der Waals surface area contributed by atoms with Gasteiger partial charge in [-0.1, -0.05) is 48.0 Å². The van der Waals surface area contributed by atoms with Crippen molar-refractivity contribution in [3.05, 3.63) is 93.8 Å². The smallest absolute Gasteiger partial charge is 0.355 e. The Bertz CT molecular complexity index is 1330. The molecule has 166 valence electrons. The number of hydrazone groups is 1. The molecular weight excluding hydrogens is 460 g/mol. The lowest BCUT2D eigenvalue weighted by Gasteiger charge is -2.07. The van der Waals surface area contributed by atoms with E-state index in [-0.39, 0.29) is 12.5 Å². The van der Waals surface area contributed by atoms with Gasteiger partial charge in [-0.25, -0.2) is 10.2 Å². The van der Waals surface area contributed by atoms with E-state index in [1.807, 2.05) is 49.4 Å². The zero-order chi connectivity index (χ0) is 23.2. The standard InChI is InChI=1S/C25H19ClN2O4S/c1-16-6-2-4-8-20(16)31-15-22(29)28-27-14-17-10-12-18(13-11-17)32-25(30)24-23(26)19-7-3-5-9-21(19)33-24/h2-14H,15H2,1H3,(H,28,29). The molecule has 1 aromatic heterocycles. The van der Waals surface area contributed by atoms with Crippen molar-refractivity contribution in [3.8, 4) is 11.5 Å².